The van der Waals surface area contributed by atoms with Gasteiger partial charge in [-0.15, -0.1) is 11.3 Å². The SMILES string of the molecule is CCOc1ccc(NC(=O)C(=O)NC[C@@H](c2cccs2)N2CCc3ccccc32)cc1. The summed E-state index contributed by atoms with van der Waals surface area (Å²) in [4.78, 5) is 28.3. The molecule has 4 rings (SSSR count). The number of thiophene rings is 1. The van der Waals surface area contributed by atoms with Crippen molar-refractivity contribution in [2.45, 2.75) is 19.4 Å². The summed E-state index contributed by atoms with van der Waals surface area (Å²) in [5.41, 5.74) is 3.05. The van der Waals surface area contributed by atoms with Gasteiger partial charge in [0.25, 0.3) is 0 Å². The predicted molar refractivity (Wildman–Crippen MR) is 124 cm³/mol. The fraction of sp³-hybridized carbons (Fsp3) is 0.250. The fourth-order valence-corrected chi connectivity index (χ4v) is 4.63. The Labute approximate surface area is 185 Å². The lowest BCUT2D eigenvalue weighted by atomic mass is 10.1. The van der Waals surface area contributed by atoms with Crippen molar-refractivity contribution in [1.82, 2.24) is 5.32 Å². The highest BCUT2D eigenvalue weighted by molar-refractivity contribution is 7.10. The Balaban J connectivity index is 1.40. The number of hydrogen-bond donors (Lipinski definition) is 2. The monoisotopic (exact) mass is 435 g/mol. The smallest absolute Gasteiger partial charge is 0.313 e. The zero-order chi connectivity index (χ0) is 21.6. The zero-order valence-corrected chi connectivity index (χ0v) is 18.2. The molecule has 31 heavy (non-hydrogen) atoms. The topological polar surface area (TPSA) is 70.7 Å². The molecule has 3 aromatic rings. The molecule has 0 saturated heterocycles. The number of benzene rings is 2. The van der Waals surface area contributed by atoms with Crippen LogP contribution in [0.5, 0.6) is 5.75 Å². The van der Waals surface area contributed by atoms with Crippen LogP contribution in [-0.2, 0) is 16.0 Å². The minimum Gasteiger partial charge on any atom is -0.494 e. The summed E-state index contributed by atoms with van der Waals surface area (Å²) in [6.07, 6.45) is 0.976. The number of hydrogen-bond acceptors (Lipinski definition) is 5. The van der Waals surface area contributed by atoms with E-state index in [1.807, 2.05) is 24.4 Å². The van der Waals surface area contributed by atoms with E-state index in [1.165, 1.54) is 11.3 Å². The summed E-state index contributed by atoms with van der Waals surface area (Å²) in [5.74, 6) is -0.617. The molecule has 0 radical (unpaired) electrons. The number of rotatable bonds is 7. The van der Waals surface area contributed by atoms with E-state index >= 15 is 0 Å². The molecule has 2 amide bonds. The summed E-state index contributed by atoms with van der Waals surface area (Å²) < 4.78 is 5.39. The predicted octanol–water partition coefficient (Wildman–Crippen LogP) is 4.01. The molecular formula is C24H25N3O3S. The number of fused-ring (bicyclic) bond motifs is 1. The molecule has 0 bridgehead atoms. The highest BCUT2D eigenvalue weighted by Crippen LogP contribution is 2.36. The average Bonchev–Trinajstić information content (AvgIpc) is 3.46. The lowest BCUT2D eigenvalue weighted by Crippen LogP contribution is -2.41. The minimum atomic E-state index is -0.684. The number of carbonyl (C=O) groups is 2. The minimum absolute atomic E-state index is 0.0223. The molecule has 1 aromatic heterocycles. The Morgan fingerprint density at radius 3 is 2.61 bits per heavy atom. The van der Waals surface area contributed by atoms with Crippen LogP contribution in [0.3, 0.4) is 0 Å². The first-order valence-electron chi connectivity index (χ1n) is 10.4. The number of para-hydroxylation sites is 1. The maximum atomic E-state index is 12.5. The third-order valence-corrected chi connectivity index (χ3v) is 6.23. The van der Waals surface area contributed by atoms with Crippen LogP contribution in [-0.4, -0.2) is 31.5 Å². The van der Waals surface area contributed by atoms with Crippen molar-refractivity contribution in [1.29, 1.82) is 0 Å². The molecule has 0 spiro atoms. The van der Waals surface area contributed by atoms with Crippen LogP contribution >= 0.6 is 11.3 Å². The zero-order valence-electron chi connectivity index (χ0n) is 17.3. The summed E-state index contributed by atoms with van der Waals surface area (Å²) in [6.45, 7) is 3.71. The van der Waals surface area contributed by atoms with Crippen molar-refractivity contribution in [3.63, 3.8) is 0 Å². The molecule has 0 aliphatic carbocycles. The lowest BCUT2D eigenvalue weighted by molar-refractivity contribution is -0.136. The summed E-state index contributed by atoms with van der Waals surface area (Å²) >= 11 is 1.66. The van der Waals surface area contributed by atoms with Gasteiger partial charge in [0.05, 0.1) is 12.6 Å². The van der Waals surface area contributed by atoms with Crippen molar-refractivity contribution in [2.75, 3.05) is 29.9 Å². The van der Waals surface area contributed by atoms with E-state index in [4.69, 9.17) is 4.74 Å². The second-order valence-corrected chi connectivity index (χ2v) is 8.20. The van der Waals surface area contributed by atoms with Gasteiger partial charge in [-0.25, -0.2) is 0 Å². The molecule has 0 fully saturated rings. The number of carbonyl (C=O) groups excluding carboxylic acids is 2. The molecule has 1 aliphatic heterocycles. The lowest BCUT2D eigenvalue weighted by Gasteiger charge is -2.30. The van der Waals surface area contributed by atoms with Gasteiger partial charge in [0.15, 0.2) is 0 Å². The number of nitrogens with one attached hydrogen (secondary N) is 2. The third kappa shape index (κ3) is 4.88. The van der Waals surface area contributed by atoms with Crippen molar-refractivity contribution in [2.24, 2.45) is 0 Å². The van der Waals surface area contributed by atoms with Crippen LogP contribution in [0.2, 0.25) is 0 Å². The molecule has 2 N–H and O–H groups in total. The summed E-state index contributed by atoms with van der Waals surface area (Å²) in [5, 5.41) is 7.49. The van der Waals surface area contributed by atoms with Gasteiger partial charge in [-0.1, -0.05) is 24.3 Å². The van der Waals surface area contributed by atoms with Crippen molar-refractivity contribution < 1.29 is 14.3 Å². The largest absolute Gasteiger partial charge is 0.494 e. The van der Waals surface area contributed by atoms with E-state index < -0.39 is 11.8 Å². The van der Waals surface area contributed by atoms with E-state index in [0.29, 0.717) is 18.8 Å². The number of amides is 2. The van der Waals surface area contributed by atoms with Crippen molar-refractivity contribution in [3.05, 3.63) is 76.5 Å². The Morgan fingerprint density at radius 2 is 1.87 bits per heavy atom. The molecule has 2 heterocycles. The Morgan fingerprint density at radius 1 is 1.06 bits per heavy atom. The molecule has 6 nitrogen and oxygen atoms in total. The van der Waals surface area contributed by atoms with Gasteiger partial charge < -0.3 is 20.3 Å². The molecular weight excluding hydrogens is 410 g/mol. The maximum absolute atomic E-state index is 12.5. The van der Waals surface area contributed by atoms with Gasteiger partial charge in [-0.05, 0) is 60.7 Å². The third-order valence-electron chi connectivity index (χ3n) is 5.26. The molecule has 0 unspecified atom stereocenters. The number of nitrogens with zero attached hydrogens (tertiary/aromatic N) is 1. The molecule has 1 atom stereocenters. The van der Waals surface area contributed by atoms with Crippen LogP contribution in [0.4, 0.5) is 11.4 Å². The van der Waals surface area contributed by atoms with Gasteiger partial charge in [0.1, 0.15) is 5.75 Å². The first kappa shape index (κ1) is 20.9. The highest BCUT2D eigenvalue weighted by Gasteiger charge is 2.28. The Bertz CT molecular complexity index is 1030. The fourth-order valence-electron chi connectivity index (χ4n) is 3.79. The van der Waals surface area contributed by atoms with Gasteiger partial charge in [-0.3, -0.25) is 9.59 Å². The highest BCUT2D eigenvalue weighted by atomic mass is 32.1. The van der Waals surface area contributed by atoms with E-state index in [0.717, 1.165) is 23.6 Å². The van der Waals surface area contributed by atoms with E-state index in [2.05, 4.69) is 39.8 Å². The first-order chi connectivity index (χ1) is 15.2. The van der Waals surface area contributed by atoms with Gasteiger partial charge in [0.2, 0.25) is 0 Å². The van der Waals surface area contributed by atoms with Gasteiger partial charge in [-0.2, -0.15) is 0 Å². The standard InChI is InChI=1S/C24H25N3O3S/c1-2-30-19-11-9-18(10-12-19)26-24(29)23(28)25-16-21(22-8-5-15-31-22)27-14-13-17-6-3-4-7-20(17)27/h3-12,15,21H,2,13-14,16H2,1H3,(H,25,28)(H,26,29)/t21-/m0/s1. The molecule has 2 aromatic carbocycles. The Hall–Kier alpha value is -3.32. The maximum Gasteiger partial charge on any atom is 0.313 e. The molecule has 7 heteroatoms. The normalized spacial score (nSPS) is 13.4. The second kappa shape index (κ2) is 9.66. The van der Waals surface area contributed by atoms with E-state index in [-0.39, 0.29) is 6.04 Å². The van der Waals surface area contributed by atoms with E-state index in [9.17, 15) is 9.59 Å². The van der Waals surface area contributed by atoms with Crippen LogP contribution in [0.25, 0.3) is 0 Å². The number of ether oxygens (including phenoxy) is 1. The quantitative estimate of drug-likeness (QED) is 0.550. The van der Waals surface area contributed by atoms with Gasteiger partial charge >= 0.3 is 11.8 Å². The average molecular weight is 436 g/mol. The van der Waals surface area contributed by atoms with Crippen molar-refractivity contribution in [3.8, 4) is 5.75 Å². The number of anilines is 2. The Kier molecular flexibility index (Phi) is 6.52. The molecule has 160 valence electrons. The molecule has 1 aliphatic rings. The van der Waals surface area contributed by atoms with Crippen molar-refractivity contribution >= 4 is 34.5 Å². The van der Waals surface area contributed by atoms with Crippen LogP contribution < -0.4 is 20.3 Å². The first-order valence-corrected chi connectivity index (χ1v) is 11.2. The van der Waals surface area contributed by atoms with Crippen LogP contribution in [0, 0.1) is 0 Å². The van der Waals surface area contributed by atoms with Gasteiger partial charge in [0, 0.05) is 29.3 Å². The second-order valence-electron chi connectivity index (χ2n) is 7.22. The van der Waals surface area contributed by atoms with E-state index in [1.54, 1.807) is 35.6 Å². The molecule has 0 saturated carbocycles. The summed E-state index contributed by atoms with van der Waals surface area (Å²) in [6, 6.07) is 19.3. The summed E-state index contributed by atoms with van der Waals surface area (Å²) in [7, 11) is 0. The van der Waals surface area contributed by atoms with Crippen LogP contribution in [0.15, 0.2) is 66.0 Å². The van der Waals surface area contributed by atoms with Crippen LogP contribution in [0.1, 0.15) is 23.4 Å².